The molecule has 3 aromatic rings. The highest BCUT2D eigenvalue weighted by Crippen LogP contribution is 2.30. The van der Waals surface area contributed by atoms with Gasteiger partial charge in [0.25, 0.3) is 5.91 Å². The molecule has 1 amide bonds. The Morgan fingerprint density at radius 3 is 2.67 bits per heavy atom. The van der Waals surface area contributed by atoms with Gasteiger partial charge < -0.3 is 4.90 Å². The maximum Gasteiger partial charge on any atom is 0.259 e. The van der Waals surface area contributed by atoms with E-state index in [9.17, 15) is 4.79 Å². The molecule has 0 spiro atoms. The van der Waals surface area contributed by atoms with Crippen molar-refractivity contribution in [1.29, 1.82) is 0 Å². The summed E-state index contributed by atoms with van der Waals surface area (Å²) < 4.78 is 1.80. The van der Waals surface area contributed by atoms with Gasteiger partial charge in [-0.15, -0.1) is 0 Å². The van der Waals surface area contributed by atoms with E-state index in [1.807, 2.05) is 26.0 Å². The topological polar surface area (TPSA) is 50.5 Å². The smallest absolute Gasteiger partial charge is 0.259 e. The van der Waals surface area contributed by atoms with Crippen LogP contribution in [0.15, 0.2) is 30.7 Å². The van der Waals surface area contributed by atoms with Crippen LogP contribution in [0.3, 0.4) is 0 Å². The summed E-state index contributed by atoms with van der Waals surface area (Å²) in [5.74, 6) is -0.105. The van der Waals surface area contributed by atoms with Crippen molar-refractivity contribution in [2.24, 2.45) is 0 Å². The molecule has 0 radical (unpaired) electrons. The molecule has 0 fully saturated rings. The van der Waals surface area contributed by atoms with Gasteiger partial charge in [0, 0.05) is 37.1 Å². The van der Waals surface area contributed by atoms with E-state index in [-0.39, 0.29) is 5.91 Å². The fraction of sp³-hybridized carbons (Fsp3) is 0.267. The second kappa shape index (κ2) is 5.33. The number of imidazole rings is 1. The molecule has 21 heavy (non-hydrogen) atoms. The Balaban J connectivity index is 2.37. The number of aromatic nitrogens is 3. The van der Waals surface area contributed by atoms with Gasteiger partial charge in [-0.05, 0) is 26.0 Å². The molecule has 0 bridgehead atoms. The number of pyridine rings is 2. The predicted molar refractivity (Wildman–Crippen MR) is 82.8 cm³/mol. The van der Waals surface area contributed by atoms with Gasteiger partial charge in [0.05, 0.1) is 5.02 Å². The molecule has 0 N–H and O–H groups in total. The number of rotatable bonds is 3. The fourth-order valence-corrected chi connectivity index (χ4v) is 2.82. The van der Waals surface area contributed by atoms with Crippen LogP contribution in [0.5, 0.6) is 0 Å². The van der Waals surface area contributed by atoms with Crippen molar-refractivity contribution in [2.75, 3.05) is 13.1 Å². The van der Waals surface area contributed by atoms with E-state index in [0.29, 0.717) is 35.0 Å². The van der Waals surface area contributed by atoms with Crippen molar-refractivity contribution in [3.8, 4) is 0 Å². The summed E-state index contributed by atoms with van der Waals surface area (Å²) >= 11 is 6.49. The third-order valence-corrected chi connectivity index (χ3v) is 3.99. The van der Waals surface area contributed by atoms with Crippen LogP contribution in [-0.4, -0.2) is 38.3 Å². The number of halogens is 1. The maximum atomic E-state index is 12.8. The normalized spacial score (nSPS) is 11.2. The molecule has 0 unspecified atom stereocenters. The Labute approximate surface area is 127 Å². The lowest BCUT2D eigenvalue weighted by Gasteiger charge is -2.20. The van der Waals surface area contributed by atoms with Gasteiger partial charge in [0.1, 0.15) is 11.2 Å². The number of carbonyl (C=O) groups is 1. The molecule has 5 nitrogen and oxygen atoms in total. The SMILES string of the molecule is CCN(CC)C(=O)c1c(Cl)c2cccnc2n2ccnc12. The Morgan fingerprint density at radius 1 is 1.24 bits per heavy atom. The summed E-state index contributed by atoms with van der Waals surface area (Å²) in [5, 5.41) is 1.16. The van der Waals surface area contributed by atoms with Crippen LogP contribution in [0, 0.1) is 0 Å². The average Bonchev–Trinajstić information content (AvgIpc) is 2.98. The van der Waals surface area contributed by atoms with Crippen molar-refractivity contribution < 1.29 is 4.79 Å². The first-order valence-corrected chi connectivity index (χ1v) is 7.25. The lowest BCUT2D eigenvalue weighted by Crippen LogP contribution is -2.31. The van der Waals surface area contributed by atoms with Gasteiger partial charge >= 0.3 is 0 Å². The second-order valence-electron chi connectivity index (χ2n) is 4.66. The zero-order valence-corrected chi connectivity index (χ0v) is 12.6. The van der Waals surface area contributed by atoms with E-state index in [0.717, 1.165) is 5.39 Å². The summed E-state index contributed by atoms with van der Waals surface area (Å²) in [6, 6.07) is 3.67. The minimum atomic E-state index is -0.105. The summed E-state index contributed by atoms with van der Waals surface area (Å²) in [6.45, 7) is 5.15. The fourth-order valence-electron chi connectivity index (χ4n) is 2.51. The molecule has 6 heteroatoms. The summed E-state index contributed by atoms with van der Waals surface area (Å²) in [5.41, 5.74) is 1.68. The Morgan fingerprint density at radius 2 is 1.95 bits per heavy atom. The number of nitrogens with zero attached hydrogens (tertiary/aromatic N) is 4. The first-order chi connectivity index (χ1) is 10.2. The van der Waals surface area contributed by atoms with E-state index < -0.39 is 0 Å². The van der Waals surface area contributed by atoms with Gasteiger partial charge in [0.2, 0.25) is 0 Å². The van der Waals surface area contributed by atoms with Gasteiger partial charge in [-0.3, -0.25) is 9.20 Å². The summed E-state index contributed by atoms with van der Waals surface area (Å²) in [6.07, 6.45) is 5.14. The van der Waals surface area contributed by atoms with Crippen LogP contribution in [0.2, 0.25) is 5.02 Å². The molecule has 0 aliphatic heterocycles. The Bertz CT molecular complexity index is 823. The second-order valence-corrected chi connectivity index (χ2v) is 5.04. The lowest BCUT2D eigenvalue weighted by atomic mass is 10.1. The van der Waals surface area contributed by atoms with Crippen LogP contribution in [0.4, 0.5) is 0 Å². The minimum absolute atomic E-state index is 0.105. The van der Waals surface area contributed by atoms with Crippen molar-refractivity contribution in [3.05, 3.63) is 41.3 Å². The van der Waals surface area contributed by atoms with Crippen molar-refractivity contribution in [1.82, 2.24) is 19.3 Å². The molecular formula is C15H15ClN4O. The summed E-state index contributed by atoms with van der Waals surface area (Å²) in [4.78, 5) is 23.1. The third kappa shape index (κ3) is 2.05. The van der Waals surface area contributed by atoms with E-state index >= 15 is 0 Å². The van der Waals surface area contributed by atoms with Crippen LogP contribution < -0.4 is 0 Å². The lowest BCUT2D eigenvalue weighted by molar-refractivity contribution is 0.0774. The molecule has 3 aromatic heterocycles. The van der Waals surface area contributed by atoms with Crippen molar-refractivity contribution >= 4 is 34.2 Å². The van der Waals surface area contributed by atoms with Gasteiger partial charge in [-0.25, -0.2) is 9.97 Å². The van der Waals surface area contributed by atoms with Gasteiger partial charge in [-0.2, -0.15) is 0 Å². The molecule has 0 aliphatic rings. The van der Waals surface area contributed by atoms with Crippen molar-refractivity contribution in [2.45, 2.75) is 13.8 Å². The third-order valence-electron chi connectivity index (χ3n) is 3.60. The van der Waals surface area contributed by atoms with Gasteiger partial charge in [-0.1, -0.05) is 11.6 Å². The first-order valence-electron chi connectivity index (χ1n) is 6.87. The zero-order valence-electron chi connectivity index (χ0n) is 11.9. The highest BCUT2D eigenvalue weighted by molar-refractivity contribution is 6.39. The number of carbonyl (C=O) groups excluding carboxylic acids is 1. The zero-order chi connectivity index (χ0) is 15.0. The molecule has 0 saturated carbocycles. The molecule has 0 saturated heterocycles. The predicted octanol–water partition coefficient (Wildman–Crippen LogP) is 3.02. The Kier molecular flexibility index (Phi) is 3.51. The number of hydrogen-bond donors (Lipinski definition) is 0. The first kappa shape index (κ1) is 13.8. The van der Waals surface area contributed by atoms with Gasteiger partial charge in [0.15, 0.2) is 5.65 Å². The molecule has 0 aliphatic carbocycles. The Hall–Kier alpha value is -2.14. The van der Waals surface area contributed by atoms with E-state index in [2.05, 4.69) is 9.97 Å². The molecule has 0 aromatic carbocycles. The quantitative estimate of drug-likeness (QED) is 0.747. The number of hydrogen-bond acceptors (Lipinski definition) is 3. The molecule has 3 rings (SSSR count). The molecule has 0 atom stereocenters. The van der Waals surface area contributed by atoms with Crippen LogP contribution in [-0.2, 0) is 0 Å². The molecular weight excluding hydrogens is 288 g/mol. The van der Waals surface area contributed by atoms with Crippen LogP contribution in [0.1, 0.15) is 24.2 Å². The number of fused-ring (bicyclic) bond motifs is 3. The van der Waals surface area contributed by atoms with Crippen molar-refractivity contribution in [3.63, 3.8) is 0 Å². The largest absolute Gasteiger partial charge is 0.339 e. The maximum absolute atomic E-state index is 12.8. The van der Waals surface area contributed by atoms with Crippen LogP contribution in [0.25, 0.3) is 16.7 Å². The van der Waals surface area contributed by atoms with E-state index in [4.69, 9.17) is 11.6 Å². The monoisotopic (exact) mass is 302 g/mol. The van der Waals surface area contributed by atoms with Crippen LogP contribution >= 0.6 is 11.6 Å². The van der Waals surface area contributed by atoms with E-state index in [1.54, 1.807) is 27.9 Å². The summed E-state index contributed by atoms with van der Waals surface area (Å²) in [7, 11) is 0. The standard InChI is InChI=1S/C15H15ClN4O/c1-3-19(4-2)15(21)11-12(16)10-6-5-7-17-13(10)20-9-8-18-14(11)20/h5-9H,3-4H2,1-2H3. The molecule has 108 valence electrons. The highest BCUT2D eigenvalue weighted by Gasteiger charge is 2.23. The number of amides is 1. The average molecular weight is 303 g/mol. The highest BCUT2D eigenvalue weighted by atomic mass is 35.5. The minimum Gasteiger partial charge on any atom is -0.339 e. The van der Waals surface area contributed by atoms with E-state index in [1.165, 1.54) is 0 Å². The molecule has 3 heterocycles.